The molecule has 2 fully saturated rings. The van der Waals surface area contributed by atoms with Crippen molar-refractivity contribution in [1.82, 2.24) is 15.3 Å². The lowest BCUT2D eigenvalue weighted by Gasteiger charge is -2.35. The van der Waals surface area contributed by atoms with E-state index in [1.807, 2.05) is 4.90 Å². The number of nitrogen functional groups attached to an aromatic ring is 1. The highest BCUT2D eigenvalue weighted by Crippen LogP contribution is 2.39. The maximum Gasteiger partial charge on any atom is 0.244 e. The topological polar surface area (TPSA) is 105 Å². The third-order valence-electron chi connectivity index (χ3n) is 3.79. The largest absolute Gasteiger partial charge is 0.377 e. The number of hydrazine groups is 1. The summed E-state index contributed by atoms with van der Waals surface area (Å²) < 4.78 is 5.42. The number of carbonyl (C=O) groups excluding carboxylic acids is 1. The maximum absolute atomic E-state index is 12.0. The number of anilines is 2. The zero-order valence-electron chi connectivity index (χ0n) is 12.0. The Balaban J connectivity index is 1.92. The van der Waals surface area contributed by atoms with Crippen LogP contribution in [0.1, 0.15) is 24.6 Å². The number of hydrogen-bond acceptors (Lipinski definition) is 7. The second kappa shape index (κ2) is 5.82. The minimum absolute atomic E-state index is 0.0801. The van der Waals surface area contributed by atoms with Crippen molar-refractivity contribution in [2.45, 2.75) is 24.8 Å². The SMILES string of the molecule is CNC(=O)C1COCCN1c1cc(NN)nc(C2CC2)n1. The summed E-state index contributed by atoms with van der Waals surface area (Å²) in [7, 11) is 1.62. The summed E-state index contributed by atoms with van der Waals surface area (Å²) in [5.74, 6) is 7.92. The van der Waals surface area contributed by atoms with Gasteiger partial charge in [-0.15, -0.1) is 0 Å². The molecule has 1 aromatic rings. The van der Waals surface area contributed by atoms with Crippen LogP contribution in [0, 0.1) is 0 Å². The van der Waals surface area contributed by atoms with Crippen molar-refractivity contribution in [2.75, 3.05) is 37.1 Å². The van der Waals surface area contributed by atoms with E-state index in [-0.39, 0.29) is 11.9 Å². The van der Waals surface area contributed by atoms with Gasteiger partial charge in [0.1, 0.15) is 23.5 Å². The summed E-state index contributed by atoms with van der Waals surface area (Å²) in [5, 5.41) is 2.67. The predicted molar refractivity (Wildman–Crippen MR) is 77.8 cm³/mol. The number of nitrogens with two attached hydrogens (primary N) is 1. The smallest absolute Gasteiger partial charge is 0.244 e. The molecule has 1 aliphatic heterocycles. The maximum atomic E-state index is 12.0. The van der Waals surface area contributed by atoms with Gasteiger partial charge in [-0.2, -0.15) is 0 Å². The molecule has 114 valence electrons. The molecule has 2 heterocycles. The Morgan fingerprint density at radius 1 is 1.48 bits per heavy atom. The molecule has 4 N–H and O–H groups in total. The van der Waals surface area contributed by atoms with Gasteiger partial charge >= 0.3 is 0 Å². The van der Waals surface area contributed by atoms with Crippen LogP contribution in [0.25, 0.3) is 0 Å². The van der Waals surface area contributed by atoms with E-state index in [1.54, 1.807) is 13.1 Å². The number of morpholine rings is 1. The zero-order chi connectivity index (χ0) is 14.8. The van der Waals surface area contributed by atoms with Gasteiger partial charge in [0.2, 0.25) is 5.91 Å². The van der Waals surface area contributed by atoms with Gasteiger partial charge in [-0.1, -0.05) is 0 Å². The number of likely N-dealkylation sites (N-methyl/N-ethyl adjacent to an activating group) is 1. The Bertz CT molecular complexity index is 533. The zero-order valence-corrected chi connectivity index (χ0v) is 12.0. The summed E-state index contributed by atoms with van der Waals surface area (Å²) in [4.78, 5) is 23.0. The van der Waals surface area contributed by atoms with E-state index in [1.165, 1.54) is 0 Å². The van der Waals surface area contributed by atoms with Crippen molar-refractivity contribution in [3.05, 3.63) is 11.9 Å². The van der Waals surface area contributed by atoms with Crippen LogP contribution >= 0.6 is 0 Å². The average molecular weight is 292 g/mol. The molecule has 1 unspecified atom stereocenters. The molecular formula is C13H20N6O2. The Morgan fingerprint density at radius 2 is 2.29 bits per heavy atom. The average Bonchev–Trinajstić information content (AvgIpc) is 3.38. The van der Waals surface area contributed by atoms with Crippen molar-refractivity contribution in [1.29, 1.82) is 0 Å². The van der Waals surface area contributed by atoms with Gasteiger partial charge in [0.15, 0.2) is 0 Å². The molecule has 0 spiro atoms. The van der Waals surface area contributed by atoms with Crippen LogP contribution in [0.15, 0.2) is 6.07 Å². The Morgan fingerprint density at radius 3 is 2.95 bits per heavy atom. The number of nitrogens with one attached hydrogen (secondary N) is 2. The van der Waals surface area contributed by atoms with E-state index < -0.39 is 0 Å². The monoisotopic (exact) mass is 292 g/mol. The van der Waals surface area contributed by atoms with Crippen LogP contribution in [0.2, 0.25) is 0 Å². The molecule has 8 heteroatoms. The number of hydrogen-bond donors (Lipinski definition) is 3. The summed E-state index contributed by atoms with van der Waals surface area (Å²) in [6.07, 6.45) is 2.21. The molecule has 1 aliphatic carbocycles. The number of amides is 1. The van der Waals surface area contributed by atoms with Crippen LogP contribution < -0.4 is 21.5 Å². The van der Waals surface area contributed by atoms with E-state index in [0.717, 1.165) is 24.5 Å². The lowest BCUT2D eigenvalue weighted by molar-refractivity contribution is -0.124. The fourth-order valence-electron chi connectivity index (χ4n) is 2.46. The molecule has 0 bridgehead atoms. The first-order chi connectivity index (χ1) is 10.2. The van der Waals surface area contributed by atoms with Crippen molar-refractivity contribution in [3.63, 3.8) is 0 Å². The molecule has 0 radical (unpaired) electrons. The van der Waals surface area contributed by atoms with Crippen LogP contribution in [-0.4, -0.2) is 48.7 Å². The molecule has 1 amide bonds. The summed E-state index contributed by atoms with van der Waals surface area (Å²) in [6, 6.07) is 1.39. The van der Waals surface area contributed by atoms with Crippen molar-refractivity contribution >= 4 is 17.5 Å². The van der Waals surface area contributed by atoms with Gasteiger partial charge in [-0.05, 0) is 12.8 Å². The highest BCUT2D eigenvalue weighted by Gasteiger charge is 2.32. The number of ether oxygens (including phenoxy) is 1. The van der Waals surface area contributed by atoms with Crippen LogP contribution in [-0.2, 0) is 9.53 Å². The molecule has 1 saturated heterocycles. The molecule has 21 heavy (non-hydrogen) atoms. The van der Waals surface area contributed by atoms with E-state index in [4.69, 9.17) is 10.6 Å². The van der Waals surface area contributed by atoms with Crippen molar-refractivity contribution in [2.24, 2.45) is 5.84 Å². The second-order valence-corrected chi connectivity index (χ2v) is 5.29. The standard InChI is InChI=1S/C13H20N6O2/c1-15-13(20)9-7-21-5-4-19(9)11-6-10(18-14)16-12(17-11)8-2-3-8/h6,8-9H,2-5,7,14H2,1H3,(H,15,20)(H,16,17,18). The first-order valence-electron chi connectivity index (χ1n) is 7.14. The predicted octanol–water partition coefficient (Wildman–Crippen LogP) is -0.409. The minimum Gasteiger partial charge on any atom is -0.377 e. The molecule has 3 rings (SSSR count). The number of aromatic nitrogens is 2. The molecule has 8 nitrogen and oxygen atoms in total. The molecule has 2 aliphatic rings. The van der Waals surface area contributed by atoms with Gasteiger partial charge < -0.3 is 20.4 Å². The molecular weight excluding hydrogens is 272 g/mol. The number of nitrogens with zero attached hydrogens (tertiary/aromatic N) is 3. The van der Waals surface area contributed by atoms with Crippen molar-refractivity contribution in [3.8, 4) is 0 Å². The van der Waals surface area contributed by atoms with Crippen LogP contribution in [0.5, 0.6) is 0 Å². The molecule has 1 atom stereocenters. The highest BCUT2D eigenvalue weighted by molar-refractivity contribution is 5.85. The third kappa shape index (κ3) is 2.91. The lowest BCUT2D eigenvalue weighted by atomic mass is 10.2. The van der Waals surface area contributed by atoms with Crippen LogP contribution in [0.4, 0.5) is 11.6 Å². The van der Waals surface area contributed by atoms with Crippen LogP contribution in [0.3, 0.4) is 0 Å². The van der Waals surface area contributed by atoms with Gasteiger partial charge in [0.25, 0.3) is 0 Å². The molecule has 1 aromatic heterocycles. The first-order valence-corrected chi connectivity index (χ1v) is 7.14. The Hall–Kier alpha value is -1.93. The second-order valence-electron chi connectivity index (χ2n) is 5.29. The summed E-state index contributed by atoms with van der Waals surface area (Å²) >= 11 is 0. The fraction of sp³-hybridized carbons (Fsp3) is 0.615. The normalized spacial score (nSPS) is 22.0. The van der Waals surface area contributed by atoms with E-state index in [9.17, 15) is 4.79 Å². The minimum atomic E-state index is -0.378. The quantitative estimate of drug-likeness (QED) is 0.512. The number of rotatable bonds is 4. The highest BCUT2D eigenvalue weighted by atomic mass is 16.5. The van der Waals surface area contributed by atoms with Gasteiger partial charge in [0, 0.05) is 25.6 Å². The van der Waals surface area contributed by atoms with E-state index >= 15 is 0 Å². The number of carbonyl (C=O) groups is 1. The van der Waals surface area contributed by atoms with E-state index in [0.29, 0.717) is 31.5 Å². The third-order valence-corrected chi connectivity index (χ3v) is 3.79. The van der Waals surface area contributed by atoms with Crippen molar-refractivity contribution < 1.29 is 9.53 Å². The Labute approximate surface area is 123 Å². The van der Waals surface area contributed by atoms with Gasteiger partial charge in [0.05, 0.1) is 13.2 Å². The van der Waals surface area contributed by atoms with Gasteiger partial charge in [-0.25, -0.2) is 15.8 Å². The molecule has 1 saturated carbocycles. The summed E-state index contributed by atoms with van der Waals surface area (Å²) in [6.45, 7) is 1.54. The lowest BCUT2D eigenvalue weighted by Crippen LogP contribution is -2.53. The molecule has 0 aromatic carbocycles. The van der Waals surface area contributed by atoms with Gasteiger partial charge in [-0.3, -0.25) is 4.79 Å². The first kappa shape index (κ1) is 14.0. The summed E-state index contributed by atoms with van der Waals surface area (Å²) in [5.41, 5.74) is 2.58. The Kier molecular flexibility index (Phi) is 3.89. The fourth-order valence-corrected chi connectivity index (χ4v) is 2.46. The van der Waals surface area contributed by atoms with E-state index in [2.05, 4.69) is 20.7 Å².